The van der Waals surface area contributed by atoms with Crippen molar-refractivity contribution >= 4 is 49.8 Å². The number of rotatable bonds is 3. The van der Waals surface area contributed by atoms with Crippen molar-refractivity contribution < 1.29 is 0 Å². The highest BCUT2D eigenvalue weighted by molar-refractivity contribution is 9.10. The van der Waals surface area contributed by atoms with Gasteiger partial charge < -0.3 is 5.73 Å². The van der Waals surface area contributed by atoms with Gasteiger partial charge in [-0.05, 0) is 47.9 Å². The normalized spacial score (nSPS) is 11.4. The third kappa shape index (κ3) is 4.74. The third-order valence-corrected chi connectivity index (χ3v) is 3.80. The highest BCUT2D eigenvalue weighted by atomic mass is 79.9. The highest BCUT2D eigenvalue weighted by Gasteiger charge is 2.06. The van der Waals surface area contributed by atoms with E-state index in [0.717, 1.165) is 14.5 Å². The minimum Gasteiger partial charge on any atom is -0.325 e. The van der Waals surface area contributed by atoms with E-state index in [1.807, 2.05) is 31.2 Å². The molecule has 0 aliphatic heterocycles. The molecule has 1 nitrogen and oxygen atoms in total. The van der Waals surface area contributed by atoms with E-state index in [4.69, 9.17) is 5.73 Å². The van der Waals surface area contributed by atoms with Crippen LogP contribution in [0.4, 0.5) is 0 Å². The van der Waals surface area contributed by atoms with Crippen LogP contribution in [0.3, 0.4) is 0 Å². The van der Waals surface area contributed by atoms with Crippen LogP contribution >= 0.6 is 44.3 Å². The molecule has 0 aliphatic carbocycles. The molecular weight excluding hydrogens is 401 g/mol. The Kier molecular flexibility index (Phi) is 6.96. The van der Waals surface area contributed by atoms with Crippen LogP contribution in [0.15, 0.2) is 63.6 Å². The monoisotopic (exact) mass is 415 g/mol. The first-order valence-electron chi connectivity index (χ1n) is 6.05. The van der Waals surface area contributed by atoms with Crippen LogP contribution in [0, 0.1) is 0 Å². The second kappa shape index (κ2) is 7.99. The molecule has 0 saturated heterocycles. The summed E-state index contributed by atoms with van der Waals surface area (Å²) < 4.78 is 2.15. The minimum atomic E-state index is 0. The van der Waals surface area contributed by atoms with E-state index in [-0.39, 0.29) is 18.4 Å². The summed E-state index contributed by atoms with van der Waals surface area (Å²) in [5, 5.41) is 0. The van der Waals surface area contributed by atoms with Gasteiger partial charge in [0.25, 0.3) is 0 Å². The molecule has 0 amide bonds. The molecular formula is C16H16Br2ClN. The summed E-state index contributed by atoms with van der Waals surface area (Å²) in [6, 6.07) is 16.6. The highest BCUT2D eigenvalue weighted by Crippen LogP contribution is 2.26. The van der Waals surface area contributed by atoms with Crippen LogP contribution < -0.4 is 5.73 Å². The van der Waals surface area contributed by atoms with Gasteiger partial charge in [0, 0.05) is 15.0 Å². The predicted molar refractivity (Wildman–Crippen MR) is 96.3 cm³/mol. The van der Waals surface area contributed by atoms with Gasteiger partial charge in [0.2, 0.25) is 0 Å². The van der Waals surface area contributed by atoms with Gasteiger partial charge in [0.05, 0.1) is 0 Å². The van der Waals surface area contributed by atoms with Gasteiger partial charge in [-0.25, -0.2) is 0 Å². The molecule has 2 aromatic rings. The Morgan fingerprint density at radius 2 is 1.25 bits per heavy atom. The Morgan fingerprint density at radius 1 is 0.900 bits per heavy atom. The van der Waals surface area contributed by atoms with Gasteiger partial charge in [0.1, 0.15) is 0 Å². The standard InChI is InChI=1S/C16H15Br2N.ClH/c1-11(19)10-16(12-2-6-14(17)7-3-12)13-4-8-15(18)9-5-13;/h2-11H,19H2,1H3;1H. The van der Waals surface area contributed by atoms with Crippen molar-refractivity contribution in [3.05, 3.63) is 74.7 Å². The summed E-state index contributed by atoms with van der Waals surface area (Å²) in [5.41, 5.74) is 9.43. The Hall–Kier alpha value is -0.610. The summed E-state index contributed by atoms with van der Waals surface area (Å²) in [6.45, 7) is 1.98. The largest absolute Gasteiger partial charge is 0.325 e. The van der Waals surface area contributed by atoms with Gasteiger partial charge >= 0.3 is 0 Å². The van der Waals surface area contributed by atoms with Crippen molar-refractivity contribution in [3.8, 4) is 0 Å². The molecule has 1 unspecified atom stereocenters. The fraction of sp³-hybridized carbons (Fsp3) is 0.125. The first-order chi connectivity index (χ1) is 9.06. The summed E-state index contributed by atoms with van der Waals surface area (Å²) in [5.74, 6) is 0. The smallest absolute Gasteiger partial charge is 0.0204 e. The Labute approximate surface area is 142 Å². The van der Waals surface area contributed by atoms with E-state index in [1.54, 1.807) is 0 Å². The van der Waals surface area contributed by atoms with Crippen LogP contribution in [0.25, 0.3) is 5.57 Å². The first kappa shape index (κ1) is 17.4. The number of nitrogens with two attached hydrogens (primary N) is 1. The van der Waals surface area contributed by atoms with Gasteiger partial charge in [0.15, 0.2) is 0 Å². The first-order valence-corrected chi connectivity index (χ1v) is 7.64. The predicted octanol–water partition coefficient (Wildman–Crippen LogP) is 5.41. The summed E-state index contributed by atoms with van der Waals surface area (Å²) in [7, 11) is 0. The van der Waals surface area contributed by atoms with Crippen LogP contribution in [0.5, 0.6) is 0 Å². The lowest BCUT2D eigenvalue weighted by Crippen LogP contribution is -2.11. The van der Waals surface area contributed by atoms with Gasteiger partial charge in [-0.15, -0.1) is 12.4 Å². The number of halogens is 3. The zero-order valence-corrected chi connectivity index (χ0v) is 15.0. The molecule has 0 fully saturated rings. The lowest BCUT2D eigenvalue weighted by molar-refractivity contribution is 0.927. The molecule has 4 heteroatoms. The second-order valence-corrected chi connectivity index (χ2v) is 6.28. The van der Waals surface area contributed by atoms with Crippen molar-refractivity contribution in [1.29, 1.82) is 0 Å². The Morgan fingerprint density at radius 3 is 1.55 bits per heavy atom. The maximum Gasteiger partial charge on any atom is 0.0204 e. The Balaban J connectivity index is 0.00000200. The van der Waals surface area contributed by atoms with Crippen molar-refractivity contribution in [2.24, 2.45) is 5.73 Å². The maximum atomic E-state index is 5.93. The minimum absolute atomic E-state index is 0. The van der Waals surface area contributed by atoms with Gasteiger partial charge in [-0.2, -0.15) is 0 Å². The lowest BCUT2D eigenvalue weighted by Gasteiger charge is -2.11. The molecule has 0 aliphatic rings. The van der Waals surface area contributed by atoms with Crippen LogP contribution in [0.1, 0.15) is 18.1 Å². The molecule has 0 bridgehead atoms. The van der Waals surface area contributed by atoms with Crippen molar-refractivity contribution in [2.75, 3.05) is 0 Å². The average Bonchev–Trinajstić information content (AvgIpc) is 2.38. The summed E-state index contributed by atoms with van der Waals surface area (Å²) in [6.07, 6.45) is 2.09. The Bertz CT molecular complexity index is 527. The van der Waals surface area contributed by atoms with Crippen molar-refractivity contribution in [3.63, 3.8) is 0 Å². The van der Waals surface area contributed by atoms with E-state index in [1.165, 1.54) is 11.1 Å². The summed E-state index contributed by atoms with van der Waals surface area (Å²) in [4.78, 5) is 0. The van der Waals surface area contributed by atoms with Crippen molar-refractivity contribution in [2.45, 2.75) is 13.0 Å². The fourth-order valence-corrected chi connectivity index (χ4v) is 2.41. The molecule has 2 N–H and O–H groups in total. The molecule has 0 saturated carbocycles. The zero-order chi connectivity index (χ0) is 13.8. The molecule has 106 valence electrons. The van der Waals surface area contributed by atoms with Crippen molar-refractivity contribution in [1.82, 2.24) is 0 Å². The third-order valence-electron chi connectivity index (χ3n) is 2.74. The van der Waals surface area contributed by atoms with E-state index in [2.05, 4.69) is 62.2 Å². The van der Waals surface area contributed by atoms with Crippen LogP contribution in [-0.4, -0.2) is 6.04 Å². The van der Waals surface area contributed by atoms with Crippen LogP contribution in [0.2, 0.25) is 0 Å². The SMILES string of the molecule is CC(N)C=C(c1ccc(Br)cc1)c1ccc(Br)cc1.Cl. The number of benzene rings is 2. The fourth-order valence-electron chi connectivity index (χ4n) is 1.88. The van der Waals surface area contributed by atoms with Crippen LogP contribution in [-0.2, 0) is 0 Å². The lowest BCUT2D eigenvalue weighted by atomic mass is 9.96. The van der Waals surface area contributed by atoms with E-state index >= 15 is 0 Å². The van der Waals surface area contributed by atoms with Gasteiger partial charge in [-0.1, -0.05) is 62.2 Å². The number of hydrogen-bond donors (Lipinski definition) is 1. The molecule has 0 aromatic heterocycles. The molecule has 2 rings (SSSR count). The second-order valence-electron chi connectivity index (χ2n) is 4.45. The number of hydrogen-bond acceptors (Lipinski definition) is 1. The van der Waals surface area contributed by atoms with E-state index in [0.29, 0.717) is 0 Å². The van der Waals surface area contributed by atoms with E-state index in [9.17, 15) is 0 Å². The molecule has 0 spiro atoms. The average molecular weight is 418 g/mol. The zero-order valence-electron chi connectivity index (χ0n) is 11.0. The molecule has 1 atom stereocenters. The molecule has 0 heterocycles. The topological polar surface area (TPSA) is 26.0 Å². The van der Waals surface area contributed by atoms with Gasteiger partial charge in [-0.3, -0.25) is 0 Å². The molecule has 0 radical (unpaired) electrons. The quantitative estimate of drug-likeness (QED) is 0.710. The summed E-state index contributed by atoms with van der Waals surface area (Å²) >= 11 is 6.92. The van der Waals surface area contributed by atoms with E-state index < -0.39 is 0 Å². The maximum absolute atomic E-state index is 5.93. The molecule has 20 heavy (non-hydrogen) atoms. The molecule has 2 aromatic carbocycles.